The third kappa shape index (κ3) is 4.08. The summed E-state index contributed by atoms with van der Waals surface area (Å²) in [6.07, 6.45) is 3.80. The van der Waals surface area contributed by atoms with Crippen LogP contribution in [0, 0.1) is 6.92 Å². The largest absolute Gasteiger partial charge is 0.489 e. The lowest BCUT2D eigenvalue weighted by atomic mass is 10.0. The van der Waals surface area contributed by atoms with Gasteiger partial charge in [0.15, 0.2) is 0 Å². The first kappa shape index (κ1) is 15.7. The summed E-state index contributed by atoms with van der Waals surface area (Å²) in [5.74, 6) is 0.861. The van der Waals surface area contributed by atoms with Crippen LogP contribution in [0.15, 0.2) is 29.2 Å². The van der Waals surface area contributed by atoms with Crippen molar-refractivity contribution in [1.29, 1.82) is 0 Å². The molecular weight excluding hydrogens is 262 g/mol. The molecular formula is C14H21NO3S. The average Bonchev–Trinajstić information content (AvgIpc) is 2.27. The molecule has 5 heteroatoms. The molecule has 0 radical (unpaired) electrons. The van der Waals surface area contributed by atoms with Crippen LogP contribution in [0.5, 0.6) is 5.75 Å². The summed E-state index contributed by atoms with van der Waals surface area (Å²) in [5.41, 5.74) is 1.45. The van der Waals surface area contributed by atoms with Crippen LogP contribution in [0.25, 0.3) is 0 Å². The van der Waals surface area contributed by atoms with E-state index < -0.39 is 10.0 Å². The highest BCUT2D eigenvalue weighted by Crippen LogP contribution is 2.31. The van der Waals surface area contributed by atoms with E-state index in [1.54, 1.807) is 19.1 Å². The molecule has 1 aromatic rings. The van der Waals surface area contributed by atoms with E-state index in [1.807, 2.05) is 32.9 Å². The third-order valence-electron chi connectivity index (χ3n) is 2.81. The Kier molecular flexibility index (Phi) is 5.14. The van der Waals surface area contributed by atoms with Gasteiger partial charge in [0.1, 0.15) is 12.4 Å². The van der Waals surface area contributed by atoms with Crippen molar-refractivity contribution in [2.75, 3.05) is 6.61 Å². The van der Waals surface area contributed by atoms with Gasteiger partial charge in [-0.15, -0.1) is 0 Å². The quantitative estimate of drug-likeness (QED) is 0.845. The molecule has 0 aliphatic heterocycles. The molecule has 0 aliphatic rings. The zero-order valence-electron chi connectivity index (χ0n) is 11.8. The second-order valence-corrected chi connectivity index (χ2v) is 6.27. The molecule has 19 heavy (non-hydrogen) atoms. The van der Waals surface area contributed by atoms with E-state index in [0.29, 0.717) is 17.9 Å². The van der Waals surface area contributed by atoms with Crippen molar-refractivity contribution in [3.8, 4) is 5.75 Å². The van der Waals surface area contributed by atoms with Gasteiger partial charge in [-0.1, -0.05) is 26.0 Å². The van der Waals surface area contributed by atoms with Crippen LogP contribution in [0.2, 0.25) is 0 Å². The number of sulfonamides is 1. The minimum Gasteiger partial charge on any atom is -0.489 e. The Morgan fingerprint density at radius 2 is 2.00 bits per heavy atom. The lowest BCUT2D eigenvalue weighted by Crippen LogP contribution is -2.15. The molecule has 0 fully saturated rings. The highest BCUT2D eigenvalue weighted by Gasteiger charge is 2.17. The number of allylic oxidation sites excluding steroid dienone is 1. The Bertz CT molecular complexity index is 575. The molecule has 0 saturated carbocycles. The molecule has 0 aliphatic carbocycles. The Morgan fingerprint density at radius 1 is 1.37 bits per heavy atom. The molecule has 106 valence electrons. The summed E-state index contributed by atoms with van der Waals surface area (Å²) >= 11 is 0. The molecule has 0 aromatic heterocycles. The number of primary sulfonamides is 1. The number of nitrogens with two attached hydrogens (primary N) is 1. The molecule has 1 rings (SSSR count). The minimum absolute atomic E-state index is 0.154. The fourth-order valence-electron chi connectivity index (χ4n) is 1.79. The maximum Gasteiger partial charge on any atom is 0.238 e. The van der Waals surface area contributed by atoms with Crippen LogP contribution >= 0.6 is 0 Å². The van der Waals surface area contributed by atoms with Crippen LogP contribution in [0.4, 0.5) is 0 Å². The van der Waals surface area contributed by atoms with E-state index in [2.05, 4.69) is 0 Å². The Labute approximate surface area is 115 Å². The maximum atomic E-state index is 11.5. The molecule has 1 aromatic carbocycles. The van der Waals surface area contributed by atoms with Crippen LogP contribution in [0.3, 0.4) is 0 Å². The normalized spacial score (nSPS) is 12.3. The number of hydrogen-bond acceptors (Lipinski definition) is 3. The van der Waals surface area contributed by atoms with Crippen LogP contribution < -0.4 is 9.88 Å². The lowest BCUT2D eigenvalue weighted by Gasteiger charge is -2.16. The van der Waals surface area contributed by atoms with E-state index in [4.69, 9.17) is 9.88 Å². The second-order valence-electron chi connectivity index (χ2n) is 4.74. The zero-order chi connectivity index (χ0) is 14.6. The summed E-state index contributed by atoms with van der Waals surface area (Å²) in [6.45, 7) is 8.07. The van der Waals surface area contributed by atoms with Crippen molar-refractivity contribution >= 4 is 10.0 Å². The first-order chi connectivity index (χ1) is 8.77. The minimum atomic E-state index is -3.70. The fraction of sp³-hybridized carbons (Fsp3) is 0.429. The molecule has 0 bridgehead atoms. The lowest BCUT2D eigenvalue weighted by molar-refractivity contribution is 0.356. The topological polar surface area (TPSA) is 69.4 Å². The average molecular weight is 283 g/mol. The molecule has 2 N–H and O–H groups in total. The SMILES string of the molecule is C/C=C/COc1cc(C)c(S(N)(=O)=O)cc1C(C)C. The Morgan fingerprint density at radius 3 is 2.47 bits per heavy atom. The van der Waals surface area contributed by atoms with Crippen molar-refractivity contribution in [3.05, 3.63) is 35.4 Å². The second kappa shape index (κ2) is 6.21. The number of ether oxygens (including phenoxy) is 1. The van der Waals surface area contributed by atoms with Crippen molar-refractivity contribution < 1.29 is 13.2 Å². The van der Waals surface area contributed by atoms with Gasteiger partial charge in [0.05, 0.1) is 4.90 Å². The van der Waals surface area contributed by atoms with Gasteiger partial charge >= 0.3 is 0 Å². The van der Waals surface area contributed by atoms with Crippen molar-refractivity contribution in [2.24, 2.45) is 5.14 Å². The van der Waals surface area contributed by atoms with Gasteiger partial charge in [-0.05, 0) is 43.0 Å². The molecule has 0 unspecified atom stereocenters. The Hall–Kier alpha value is -1.33. The summed E-state index contributed by atoms with van der Waals surface area (Å²) in [4.78, 5) is 0.162. The van der Waals surface area contributed by atoms with Crippen LogP contribution in [0.1, 0.15) is 37.8 Å². The van der Waals surface area contributed by atoms with E-state index >= 15 is 0 Å². The smallest absolute Gasteiger partial charge is 0.238 e. The van der Waals surface area contributed by atoms with Crippen molar-refractivity contribution in [2.45, 2.75) is 38.5 Å². The van der Waals surface area contributed by atoms with E-state index in [9.17, 15) is 8.42 Å². The van der Waals surface area contributed by atoms with Gasteiger partial charge in [-0.3, -0.25) is 0 Å². The zero-order valence-corrected chi connectivity index (χ0v) is 12.6. The standard InChI is InChI=1S/C14H21NO3S/c1-5-6-7-18-13-8-11(4)14(19(15,16)17)9-12(13)10(2)3/h5-6,8-10H,7H2,1-4H3,(H2,15,16,17)/b6-5+. The monoisotopic (exact) mass is 283 g/mol. The first-order valence-corrected chi connectivity index (χ1v) is 7.73. The van der Waals surface area contributed by atoms with Gasteiger partial charge in [0, 0.05) is 0 Å². The molecule has 0 spiro atoms. The number of aryl methyl sites for hydroxylation is 1. The van der Waals surface area contributed by atoms with Crippen LogP contribution in [-0.2, 0) is 10.0 Å². The van der Waals surface area contributed by atoms with Gasteiger partial charge in [0.2, 0.25) is 10.0 Å². The summed E-state index contributed by atoms with van der Waals surface area (Å²) < 4.78 is 28.7. The fourth-order valence-corrected chi connectivity index (χ4v) is 2.59. The van der Waals surface area contributed by atoms with Crippen molar-refractivity contribution in [1.82, 2.24) is 0 Å². The summed E-state index contributed by atoms with van der Waals surface area (Å²) in [6, 6.07) is 3.35. The Balaban J connectivity index is 3.29. The van der Waals surface area contributed by atoms with Gasteiger partial charge in [-0.25, -0.2) is 13.6 Å². The van der Waals surface area contributed by atoms with Gasteiger partial charge in [-0.2, -0.15) is 0 Å². The van der Waals surface area contributed by atoms with Gasteiger partial charge in [0.25, 0.3) is 0 Å². The van der Waals surface area contributed by atoms with E-state index in [0.717, 1.165) is 5.56 Å². The first-order valence-electron chi connectivity index (χ1n) is 6.18. The van der Waals surface area contributed by atoms with E-state index in [-0.39, 0.29) is 10.8 Å². The third-order valence-corrected chi connectivity index (χ3v) is 3.86. The molecule has 0 atom stereocenters. The molecule has 0 amide bonds. The predicted octanol–water partition coefficient (Wildman–Crippen LogP) is 2.72. The highest BCUT2D eigenvalue weighted by atomic mass is 32.2. The molecule has 0 saturated heterocycles. The highest BCUT2D eigenvalue weighted by molar-refractivity contribution is 7.89. The van der Waals surface area contributed by atoms with Gasteiger partial charge < -0.3 is 4.74 Å². The number of rotatable bonds is 5. The molecule has 4 nitrogen and oxygen atoms in total. The van der Waals surface area contributed by atoms with E-state index in [1.165, 1.54) is 0 Å². The number of benzene rings is 1. The number of hydrogen-bond donors (Lipinski definition) is 1. The van der Waals surface area contributed by atoms with Crippen molar-refractivity contribution in [3.63, 3.8) is 0 Å². The van der Waals surface area contributed by atoms with Crippen LogP contribution in [-0.4, -0.2) is 15.0 Å². The maximum absolute atomic E-state index is 11.5. The molecule has 0 heterocycles. The summed E-state index contributed by atoms with van der Waals surface area (Å²) in [5, 5.41) is 5.22. The summed E-state index contributed by atoms with van der Waals surface area (Å²) in [7, 11) is -3.70. The predicted molar refractivity (Wildman–Crippen MR) is 77.0 cm³/mol.